The van der Waals surface area contributed by atoms with Crippen LogP contribution in [0.3, 0.4) is 0 Å². The molecule has 1 N–H and O–H groups in total. The molecule has 0 aliphatic rings. The first-order valence-corrected chi connectivity index (χ1v) is 5.26. The van der Waals surface area contributed by atoms with Crippen LogP contribution in [0.25, 0.3) is 22.4 Å². The zero-order valence-corrected chi connectivity index (χ0v) is 9.41. The number of nitrogens with zero attached hydrogens (tertiary/aromatic N) is 2. The summed E-state index contributed by atoms with van der Waals surface area (Å²) in [6.07, 6.45) is 1.69. The highest BCUT2D eigenvalue weighted by atomic mass is 32.1. The van der Waals surface area contributed by atoms with Crippen molar-refractivity contribution in [3.05, 3.63) is 35.3 Å². The normalized spacial score (nSPS) is 11.1. The van der Waals surface area contributed by atoms with Gasteiger partial charge >= 0.3 is 0 Å². The molecule has 4 nitrogen and oxygen atoms in total. The van der Waals surface area contributed by atoms with E-state index in [9.17, 15) is 0 Å². The Hall–Kier alpha value is -1.88. The van der Waals surface area contributed by atoms with Crippen LogP contribution >= 0.6 is 12.2 Å². The number of H-pyrrole nitrogens is 1. The number of aryl methyl sites for hydroxylation is 1. The lowest BCUT2D eigenvalue weighted by atomic mass is 10.2. The standard InChI is InChI=1S/C11H9N3OS/c1-14-11(16)12-10(13-14)8-6-15-9-5-3-2-4-7(8)9/h2-6H,1H3,(H,12,13,16). The monoisotopic (exact) mass is 231 g/mol. The highest BCUT2D eigenvalue weighted by molar-refractivity contribution is 7.71. The van der Waals surface area contributed by atoms with E-state index >= 15 is 0 Å². The van der Waals surface area contributed by atoms with Crippen molar-refractivity contribution in [1.29, 1.82) is 0 Å². The predicted octanol–water partition coefficient (Wildman–Crippen LogP) is 2.89. The molecule has 3 rings (SSSR count). The molecule has 0 radical (unpaired) electrons. The molecular weight excluding hydrogens is 222 g/mol. The average Bonchev–Trinajstić information content (AvgIpc) is 2.83. The SMILES string of the molecule is Cn1[nH]c(-c2coc3ccccc23)nc1=S. The molecule has 0 fully saturated rings. The number of hydrogen-bond acceptors (Lipinski definition) is 3. The van der Waals surface area contributed by atoms with E-state index in [0.29, 0.717) is 4.77 Å². The number of rotatable bonds is 1. The van der Waals surface area contributed by atoms with Crippen molar-refractivity contribution in [1.82, 2.24) is 14.8 Å². The summed E-state index contributed by atoms with van der Waals surface area (Å²) >= 11 is 5.06. The third-order valence-electron chi connectivity index (χ3n) is 2.50. The zero-order chi connectivity index (χ0) is 11.1. The largest absolute Gasteiger partial charge is 0.464 e. The number of fused-ring (bicyclic) bond motifs is 1. The van der Waals surface area contributed by atoms with E-state index < -0.39 is 0 Å². The first-order valence-electron chi connectivity index (χ1n) is 4.85. The Bertz CT molecular complexity index is 707. The van der Waals surface area contributed by atoms with Gasteiger partial charge < -0.3 is 4.42 Å². The molecule has 2 aromatic heterocycles. The van der Waals surface area contributed by atoms with Gasteiger partial charge in [0.25, 0.3) is 0 Å². The summed E-state index contributed by atoms with van der Waals surface area (Å²) in [5, 5.41) is 4.11. The lowest BCUT2D eigenvalue weighted by Crippen LogP contribution is -1.89. The van der Waals surface area contributed by atoms with E-state index in [0.717, 1.165) is 22.4 Å². The minimum Gasteiger partial charge on any atom is -0.464 e. The Balaban J connectivity index is 2.30. The van der Waals surface area contributed by atoms with Crippen molar-refractivity contribution in [2.75, 3.05) is 0 Å². The molecule has 0 amide bonds. The summed E-state index contributed by atoms with van der Waals surface area (Å²) in [4.78, 5) is 4.27. The summed E-state index contributed by atoms with van der Waals surface area (Å²) < 4.78 is 7.68. The Morgan fingerprint density at radius 2 is 2.19 bits per heavy atom. The van der Waals surface area contributed by atoms with Gasteiger partial charge in [0, 0.05) is 12.4 Å². The molecule has 0 bridgehead atoms. The third kappa shape index (κ3) is 1.29. The third-order valence-corrected chi connectivity index (χ3v) is 2.87. The number of para-hydroxylation sites is 1. The van der Waals surface area contributed by atoms with Gasteiger partial charge in [0.15, 0.2) is 5.82 Å². The van der Waals surface area contributed by atoms with Crippen LogP contribution in [-0.4, -0.2) is 14.8 Å². The highest BCUT2D eigenvalue weighted by Gasteiger charge is 2.10. The van der Waals surface area contributed by atoms with E-state index in [1.165, 1.54) is 0 Å². The maximum Gasteiger partial charge on any atom is 0.216 e. The Morgan fingerprint density at radius 3 is 2.94 bits per heavy atom. The number of benzene rings is 1. The summed E-state index contributed by atoms with van der Waals surface area (Å²) in [5.74, 6) is 0.734. The van der Waals surface area contributed by atoms with E-state index in [1.54, 1.807) is 10.9 Å². The molecular formula is C11H9N3OS. The van der Waals surface area contributed by atoms with Crippen molar-refractivity contribution in [3.8, 4) is 11.4 Å². The second-order valence-corrected chi connectivity index (χ2v) is 3.92. The van der Waals surface area contributed by atoms with Crippen molar-refractivity contribution >= 4 is 23.2 Å². The summed E-state index contributed by atoms with van der Waals surface area (Å²) in [5.41, 5.74) is 1.78. The van der Waals surface area contributed by atoms with Crippen LogP contribution in [0, 0.1) is 4.77 Å². The first kappa shape index (κ1) is 9.35. The van der Waals surface area contributed by atoms with E-state index in [1.807, 2.05) is 31.3 Å². The van der Waals surface area contributed by atoms with Gasteiger partial charge in [0.2, 0.25) is 4.77 Å². The van der Waals surface area contributed by atoms with Gasteiger partial charge in [-0.05, 0) is 18.3 Å². The molecule has 0 atom stereocenters. The second kappa shape index (κ2) is 3.31. The Labute approximate surface area is 96.5 Å². The Kier molecular flexibility index (Phi) is 1.94. The number of aromatic nitrogens is 3. The van der Waals surface area contributed by atoms with Crippen LogP contribution in [0.2, 0.25) is 0 Å². The van der Waals surface area contributed by atoms with Crippen LogP contribution < -0.4 is 0 Å². The molecule has 1 aromatic carbocycles. The Morgan fingerprint density at radius 1 is 1.38 bits per heavy atom. The zero-order valence-electron chi connectivity index (χ0n) is 8.60. The summed E-state index contributed by atoms with van der Waals surface area (Å²) in [6, 6.07) is 7.84. The topological polar surface area (TPSA) is 46.8 Å². The van der Waals surface area contributed by atoms with Gasteiger partial charge in [-0.3, -0.25) is 9.78 Å². The van der Waals surface area contributed by atoms with Crippen molar-refractivity contribution in [2.45, 2.75) is 0 Å². The van der Waals surface area contributed by atoms with Crippen LogP contribution in [-0.2, 0) is 7.05 Å². The fourth-order valence-electron chi connectivity index (χ4n) is 1.68. The van der Waals surface area contributed by atoms with E-state index in [-0.39, 0.29) is 0 Å². The smallest absolute Gasteiger partial charge is 0.216 e. The van der Waals surface area contributed by atoms with E-state index in [2.05, 4.69) is 10.1 Å². The van der Waals surface area contributed by atoms with Crippen LogP contribution in [0.4, 0.5) is 0 Å². The van der Waals surface area contributed by atoms with Gasteiger partial charge in [-0.1, -0.05) is 18.2 Å². The van der Waals surface area contributed by atoms with Crippen LogP contribution in [0.5, 0.6) is 0 Å². The summed E-state index contributed by atoms with van der Waals surface area (Å²) in [7, 11) is 1.83. The fraction of sp³-hybridized carbons (Fsp3) is 0.0909. The average molecular weight is 231 g/mol. The van der Waals surface area contributed by atoms with Gasteiger partial charge in [-0.2, -0.15) is 4.98 Å². The van der Waals surface area contributed by atoms with Gasteiger partial charge in [0.1, 0.15) is 11.8 Å². The van der Waals surface area contributed by atoms with Crippen LogP contribution in [0.1, 0.15) is 0 Å². The quantitative estimate of drug-likeness (QED) is 0.655. The molecule has 16 heavy (non-hydrogen) atoms. The minimum atomic E-state index is 0.528. The van der Waals surface area contributed by atoms with Crippen molar-refractivity contribution in [3.63, 3.8) is 0 Å². The summed E-state index contributed by atoms with van der Waals surface area (Å²) in [6.45, 7) is 0. The first-order chi connectivity index (χ1) is 7.75. The molecule has 5 heteroatoms. The maximum atomic E-state index is 5.45. The molecule has 80 valence electrons. The molecule has 3 aromatic rings. The minimum absolute atomic E-state index is 0.528. The van der Waals surface area contributed by atoms with Gasteiger partial charge in [-0.15, -0.1) is 0 Å². The van der Waals surface area contributed by atoms with Crippen LogP contribution in [0.15, 0.2) is 34.9 Å². The predicted molar refractivity (Wildman–Crippen MR) is 63.6 cm³/mol. The molecule has 2 heterocycles. The van der Waals surface area contributed by atoms with Crippen molar-refractivity contribution in [2.24, 2.45) is 7.05 Å². The van der Waals surface area contributed by atoms with Gasteiger partial charge in [0.05, 0.1) is 5.56 Å². The lowest BCUT2D eigenvalue weighted by Gasteiger charge is -1.91. The second-order valence-electron chi connectivity index (χ2n) is 3.56. The lowest BCUT2D eigenvalue weighted by molar-refractivity contribution is 0.616. The molecule has 0 unspecified atom stereocenters. The molecule has 0 saturated heterocycles. The number of furan rings is 1. The fourth-order valence-corrected chi connectivity index (χ4v) is 1.82. The van der Waals surface area contributed by atoms with E-state index in [4.69, 9.17) is 16.6 Å². The number of nitrogens with one attached hydrogen (secondary N) is 1. The maximum absolute atomic E-state index is 5.45. The van der Waals surface area contributed by atoms with Gasteiger partial charge in [-0.25, -0.2) is 0 Å². The highest BCUT2D eigenvalue weighted by Crippen LogP contribution is 2.27. The molecule has 0 saturated carbocycles. The van der Waals surface area contributed by atoms with Crippen molar-refractivity contribution < 1.29 is 4.42 Å². The molecule has 0 aliphatic carbocycles. The molecule has 0 aliphatic heterocycles. The number of aromatic amines is 1. The number of hydrogen-bond donors (Lipinski definition) is 1. The molecule has 0 spiro atoms.